The molecule has 0 amide bonds. The van der Waals surface area contributed by atoms with Crippen LogP contribution < -0.4 is 0 Å². The fourth-order valence-corrected chi connectivity index (χ4v) is 10.4. The first kappa shape index (κ1) is 35.6. The summed E-state index contributed by atoms with van der Waals surface area (Å²) >= 11 is 1.85. The summed E-state index contributed by atoms with van der Waals surface area (Å²) in [7, 11) is 0. The van der Waals surface area contributed by atoms with Crippen LogP contribution in [0.15, 0.2) is 211 Å². The molecule has 0 aliphatic rings. The van der Waals surface area contributed by atoms with Gasteiger partial charge < -0.3 is 8.98 Å². The molecule has 13 rings (SSSR count). The number of nitrogens with zero attached hydrogens (tertiary/aromatic N) is 4. The largest absolute Gasteiger partial charge is 0.456 e. The molecule has 63 heavy (non-hydrogen) atoms. The lowest BCUT2D eigenvalue weighted by Crippen LogP contribution is -2.01. The minimum absolute atomic E-state index is 0.581. The van der Waals surface area contributed by atoms with Crippen LogP contribution in [0, 0.1) is 0 Å². The molecule has 6 heteroatoms. The Bertz CT molecular complexity index is 3940. The molecule has 294 valence electrons. The fourth-order valence-electron chi connectivity index (χ4n) is 9.29. The Morgan fingerprint density at radius 2 is 0.937 bits per heavy atom. The van der Waals surface area contributed by atoms with Gasteiger partial charge in [0.15, 0.2) is 17.5 Å². The van der Waals surface area contributed by atoms with Gasteiger partial charge in [0.05, 0.1) is 11.0 Å². The first-order chi connectivity index (χ1) is 31.2. The molecule has 0 aliphatic heterocycles. The van der Waals surface area contributed by atoms with Gasteiger partial charge in [0.1, 0.15) is 11.2 Å². The molecule has 0 saturated carbocycles. The maximum atomic E-state index is 6.29. The normalized spacial score (nSPS) is 11.8. The molecular weight excluding hydrogens is 789 g/mol. The van der Waals surface area contributed by atoms with Crippen LogP contribution in [0.5, 0.6) is 0 Å². The third-order valence-corrected chi connectivity index (χ3v) is 13.4. The van der Waals surface area contributed by atoms with Gasteiger partial charge in [-0.2, -0.15) is 0 Å². The second-order valence-electron chi connectivity index (χ2n) is 16.0. The van der Waals surface area contributed by atoms with Crippen molar-refractivity contribution in [1.29, 1.82) is 0 Å². The van der Waals surface area contributed by atoms with Crippen LogP contribution in [0.1, 0.15) is 0 Å². The van der Waals surface area contributed by atoms with E-state index in [1.54, 1.807) is 0 Å². The van der Waals surface area contributed by atoms with E-state index in [0.29, 0.717) is 17.5 Å². The van der Waals surface area contributed by atoms with Crippen LogP contribution in [0.3, 0.4) is 0 Å². The van der Waals surface area contributed by atoms with Gasteiger partial charge in [-0.05, 0) is 71.3 Å². The molecule has 5 nitrogen and oxygen atoms in total. The summed E-state index contributed by atoms with van der Waals surface area (Å²) in [5.74, 6) is 1.78. The Hall–Kier alpha value is -8.19. The van der Waals surface area contributed by atoms with E-state index in [9.17, 15) is 0 Å². The summed E-state index contributed by atoms with van der Waals surface area (Å²) in [6, 6.07) is 72.9. The molecule has 4 heterocycles. The van der Waals surface area contributed by atoms with Gasteiger partial charge in [-0.15, -0.1) is 11.3 Å². The van der Waals surface area contributed by atoms with Gasteiger partial charge in [-0.3, -0.25) is 0 Å². The lowest BCUT2D eigenvalue weighted by molar-refractivity contribution is 0.669. The van der Waals surface area contributed by atoms with Crippen LogP contribution in [0.4, 0.5) is 0 Å². The van der Waals surface area contributed by atoms with Gasteiger partial charge in [0, 0.05) is 69.7 Å². The Morgan fingerprint density at radius 1 is 0.349 bits per heavy atom. The number of benzene rings is 9. The molecule has 0 unspecified atom stereocenters. The predicted molar refractivity (Wildman–Crippen MR) is 262 cm³/mol. The maximum absolute atomic E-state index is 6.29. The molecule has 4 aromatic heterocycles. The first-order valence-electron chi connectivity index (χ1n) is 21.1. The zero-order valence-electron chi connectivity index (χ0n) is 33.7. The summed E-state index contributed by atoms with van der Waals surface area (Å²) in [6.45, 7) is 0. The first-order valence-corrected chi connectivity index (χ1v) is 21.9. The minimum Gasteiger partial charge on any atom is -0.456 e. The zero-order valence-corrected chi connectivity index (χ0v) is 34.6. The number of thiophene rings is 1. The van der Waals surface area contributed by atoms with E-state index in [1.165, 1.54) is 42.1 Å². The fraction of sp³-hybridized carbons (Fsp3) is 0. The lowest BCUT2D eigenvalue weighted by Gasteiger charge is -2.14. The quantitative estimate of drug-likeness (QED) is 0.168. The number of para-hydroxylation sites is 3. The van der Waals surface area contributed by atoms with Crippen molar-refractivity contribution in [1.82, 2.24) is 19.5 Å². The van der Waals surface area contributed by atoms with E-state index in [2.05, 4.69) is 156 Å². The van der Waals surface area contributed by atoms with Crippen LogP contribution in [-0.4, -0.2) is 19.5 Å². The standard InChI is InChI=1S/C57H34N4OS/c1-2-13-35(14-3-1)55-58-56(60-57(59-55)40-28-29-45-44-20-5-8-25-50(44)62-51(45)33-40)39-17-11-18-41(32-39)61-49-24-7-4-19-43(49)48-23-12-22-42(54(48)61)38-16-10-15-36(31-38)37-27-30-47-46-21-6-9-26-52(46)63-53(47)34-37/h1-34H. The summed E-state index contributed by atoms with van der Waals surface area (Å²) in [6.07, 6.45) is 0. The smallest absolute Gasteiger partial charge is 0.164 e. The van der Waals surface area contributed by atoms with E-state index in [-0.39, 0.29) is 0 Å². The van der Waals surface area contributed by atoms with Gasteiger partial charge in [-0.1, -0.05) is 152 Å². The van der Waals surface area contributed by atoms with Crippen molar-refractivity contribution in [2.75, 3.05) is 0 Å². The van der Waals surface area contributed by atoms with Crippen LogP contribution in [0.25, 0.3) is 126 Å². The maximum Gasteiger partial charge on any atom is 0.164 e. The van der Waals surface area contributed by atoms with Gasteiger partial charge in [-0.25, -0.2) is 15.0 Å². The van der Waals surface area contributed by atoms with Crippen molar-refractivity contribution in [2.45, 2.75) is 0 Å². The molecule has 9 aromatic carbocycles. The van der Waals surface area contributed by atoms with Crippen molar-refractivity contribution >= 4 is 75.3 Å². The van der Waals surface area contributed by atoms with E-state index in [1.807, 2.05) is 65.9 Å². The lowest BCUT2D eigenvalue weighted by atomic mass is 9.97. The average molecular weight is 823 g/mol. The van der Waals surface area contributed by atoms with E-state index >= 15 is 0 Å². The Labute approximate surface area is 365 Å². The van der Waals surface area contributed by atoms with E-state index in [4.69, 9.17) is 19.4 Å². The van der Waals surface area contributed by atoms with Crippen molar-refractivity contribution in [2.24, 2.45) is 0 Å². The van der Waals surface area contributed by atoms with Crippen LogP contribution >= 0.6 is 11.3 Å². The highest BCUT2D eigenvalue weighted by Crippen LogP contribution is 2.41. The number of furan rings is 1. The Balaban J connectivity index is 0.962. The summed E-state index contributed by atoms with van der Waals surface area (Å²) < 4.78 is 11.3. The average Bonchev–Trinajstić information content (AvgIpc) is 4.03. The Kier molecular flexibility index (Phi) is 8.01. The van der Waals surface area contributed by atoms with Gasteiger partial charge >= 0.3 is 0 Å². The number of rotatable bonds is 6. The molecule has 0 fully saturated rings. The van der Waals surface area contributed by atoms with Crippen molar-refractivity contribution in [3.05, 3.63) is 206 Å². The second-order valence-corrected chi connectivity index (χ2v) is 17.1. The summed E-state index contributed by atoms with van der Waals surface area (Å²) in [4.78, 5) is 15.3. The monoisotopic (exact) mass is 822 g/mol. The summed E-state index contributed by atoms with van der Waals surface area (Å²) in [5, 5.41) is 7.16. The van der Waals surface area contributed by atoms with Crippen molar-refractivity contribution < 1.29 is 4.42 Å². The third-order valence-electron chi connectivity index (χ3n) is 12.2. The molecule has 0 atom stereocenters. The Morgan fingerprint density at radius 3 is 1.83 bits per heavy atom. The van der Waals surface area contributed by atoms with E-state index in [0.717, 1.165) is 66.5 Å². The molecular formula is C57H34N4OS. The molecule has 0 radical (unpaired) electrons. The molecule has 0 bridgehead atoms. The third kappa shape index (κ3) is 5.87. The molecule has 0 N–H and O–H groups in total. The molecule has 0 spiro atoms. The number of aromatic nitrogens is 4. The van der Waals surface area contributed by atoms with Crippen LogP contribution in [-0.2, 0) is 0 Å². The molecule has 13 aromatic rings. The highest BCUT2D eigenvalue weighted by Gasteiger charge is 2.19. The van der Waals surface area contributed by atoms with Gasteiger partial charge in [0.2, 0.25) is 0 Å². The zero-order chi connectivity index (χ0) is 41.4. The highest BCUT2D eigenvalue weighted by molar-refractivity contribution is 7.25. The number of hydrogen-bond acceptors (Lipinski definition) is 5. The number of fused-ring (bicyclic) bond motifs is 9. The topological polar surface area (TPSA) is 56.7 Å². The predicted octanol–water partition coefficient (Wildman–Crippen LogP) is 15.6. The minimum atomic E-state index is 0.581. The molecule has 0 saturated heterocycles. The highest BCUT2D eigenvalue weighted by atomic mass is 32.1. The summed E-state index contributed by atoms with van der Waals surface area (Å²) in [5.41, 5.74) is 12.3. The second kappa shape index (κ2) is 14.2. The van der Waals surface area contributed by atoms with Gasteiger partial charge in [0.25, 0.3) is 0 Å². The number of hydrogen-bond donors (Lipinski definition) is 0. The van der Waals surface area contributed by atoms with Crippen molar-refractivity contribution in [3.63, 3.8) is 0 Å². The van der Waals surface area contributed by atoms with Crippen molar-refractivity contribution in [3.8, 4) is 62.1 Å². The molecule has 0 aliphatic carbocycles. The van der Waals surface area contributed by atoms with E-state index < -0.39 is 0 Å². The van der Waals surface area contributed by atoms with Crippen LogP contribution in [0.2, 0.25) is 0 Å². The SMILES string of the molecule is c1ccc(-c2nc(-c3cccc(-n4c5ccccc5c5cccc(-c6cccc(-c7ccc8c(c7)sc7ccccc78)c6)c54)c3)nc(-c3ccc4c(c3)oc3ccccc34)n2)cc1.